The summed E-state index contributed by atoms with van der Waals surface area (Å²) in [4.78, 5) is 11.8. The molecule has 1 heterocycles. The Balaban J connectivity index is 1.49. The van der Waals surface area contributed by atoms with Crippen molar-refractivity contribution in [2.24, 2.45) is 0 Å². The Morgan fingerprint density at radius 3 is 2.39 bits per heavy atom. The Morgan fingerprint density at radius 2 is 1.68 bits per heavy atom. The molecule has 8 nitrogen and oxygen atoms in total. The summed E-state index contributed by atoms with van der Waals surface area (Å²) in [5, 5.41) is 32.5. The van der Waals surface area contributed by atoms with E-state index < -0.39 is 36.5 Å². The van der Waals surface area contributed by atoms with Crippen LogP contribution in [0.4, 0.5) is 0 Å². The number of esters is 1. The number of methoxy groups -OCH3 is 1. The Labute approximate surface area is 226 Å². The summed E-state index contributed by atoms with van der Waals surface area (Å²) < 4.78 is 22.0. The highest BCUT2D eigenvalue weighted by Crippen LogP contribution is 2.35. The first-order chi connectivity index (χ1) is 18.3. The van der Waals surface area contributed by atoms with Crippen molar-refractivity contribution < 1.29 is 39.1 Å². The molecule has 202 valence electrons. The van der Waals surface area contributed by atoms with Crippen molar-refractivity contribution in [3.05, 3.63) is 94.0 Å². The molecule has 0 aliphatic carbocycles. The van der Waals surface area contributed by atoms with E-state index in [0.717, 1.165) is 16.9 Å². The Kier molecular flexibility index (Phi) is 9.25. The SMILES string of the molecule is CCOc1ccc(Cc2cc([C@@H]3O[C@H](COc4cccc(C(=O)OC)c4)[C@H](O)[C@@H](O)[C@H]3O)ccc2Cl)cc1. The molecule has 0 unspecified atom stereocenters. The molecule has 1 aliphatic rings. The van der Waals surface area contributed by atoms with Crippen LogP contribution < -0.4 is 9.47 Å². The van der Waals surface area contributed by atoms with Gasteiger partial charge in [-0.3, -0.25) is 0 Å². The second-order valence-electron chi connectivity index (χ2n) is 9.00. The van der Waals surface area contributed by atoms with Gasteiger partial charge in [0.05, 0.1) is 19.3 Å². The summed E-state index contributed by atoms with van der Waals surface area (Å²) in [6.07, 6.45) is -5.57. The fraction of sp³-hybridized carbons (Fsp3) is 0.345. The lowest BCUT2D eigenvalue weighted by molar-refractivity contribution is -0.230. The normalized spacial score (nSPS) is 23.1. The van der Waals surface area contributed by atoms with E-state index in [-0.39, 0.29) is 6.61 Å². The molecule has 0 radical (unpaired) electrons. The summed E-state index contributed by atoms with van der Waals surface area (Å²) in [6.45, 7) is 2.39. The maximum absolute atomic E-state index is 11.8. The van der Waals surface area contributed by atoms with Gasteiger partial charge in [-0.25, -0.2) is 4.79 Å². The van der Waals surface area contributed by atoms with Crippen molar-refractivity contribution >= 4 is 17.6 Å². The number of hydrogen-bond acceptors (Lipinski definition) is 8. The summed E-state index contributed by atoms with van der Waals surface area (Å²) >= 11 is 6.48. The predicted molar refractivity (Wildman–Crippen MR) is 141 cm³/mol. The lowest BCUT2D eigenvalue weighted by Crippen LogP contribution is -2.55. The highest BCUT2D eigenvalue weighted by atomic mass is 35.5. The number of benzene rings is 3. The summed E-state index contributed by atoms with van der Waals surface area (Å²) in [5.41, 5.74) is 2.75. The molecular weight excluding hydrogens is 512 g/mol. The second-order valence-corrected chi connectivity index (χ2v) is 9.41. The van der Waals surface area contributed by atoms with Crippen LogP contribution in [0.1, 0.15) is 40.1 Å². The Hall–Kier alpha value is -3.14. The van der Waals surface area contributed by atoms with Crippen LogP contribution in [0.2, 0.25) is 5.02 Å². The summed E-state index contributed by atoms with van der Waals surface area (Å²) in [6, 6.07) is 19.4. The Morgan fingerprint density at radius 1 is 0.921 bits per heavy atom. The average Bonchev–Trinajstić information content (AvgIpc) is 2.93. The number of carbonyl (C=O) groups excluding carboxylic acids is 1. The average molecular weight is 543 g/mol. The van der Waals surface area contributed by atoms with Gasteiger partial charge < -0.3 is 34.3 Å². The molecule has 3 aromatic rings. The van der Waals surface area contributed by atoms with E-state index in [1.807, 2.05) is 37.3 Å². The van der Waals surface area contributed by atoms with Gasteiger partial charge in [-0.2, -0.15) is 0 Å². The zero-order valence-corrected chi connectivity index (χ0v) is 21.9. The summed E-state index contributed by atoms with van der Waals surface area (Å²) in [5.74, 6) is 0.643. The minimum absolute atomic E-state index is 0.126. The lowest BCUT2D eigenvalue weighted by atomic mass is 9.90. The topological polar surface area (TPSA) is 115 Å². The van der Waals surface area contributed by atoms with Crippen LogP contribution in [0, 0.1) is 0 Å². The van der Waals surface area contributed by atoms with Gasteiger partial charge in [0.15, 0.2) is 0 Å². The number of aliphatic hydroxyl groups is 3. The number of rotatable bonds is 9. The molecule has 3 aromatic carbocycles. The molecular formula is C29H31ClO8. The maximum atomic E-state index is 11.8. The van der Waals surface area contributed by atoms with E-state index in [0.29, 0.717) is 34.9 Å². The first-order valence-corrected chi connectivity index (χ1v) is 12.7. The third-order valence-electron chi connectivity index (χ3n) is 6.41. The van der Waals surface area contributed by atoms with Crippen LogP contribution in [-0.4, -0.2) is 66.0 Å². The van der Waals surface area contributed by atoms with E-state index >= 15 is 0 Å². The van der Waals surface area contributed by atoms with Crippen LogP contribution in [0.25, 0.3) is 0 Å². The van der Waals surface area contributed by atoms with Gasteiger partial charge >= 0.3 is 5.97 Å². The standard InChI is InChI=1S/C29H31ClO8/c1-3-36-21-10-7-17(8-11-21)13-20-14-18(9-12-23(20)30)28-27(33)26(32)25(31)24(38-28)16-37-22-6-4-5-19(15-22)29(34)35-2/h4-12,14-15,24-28,31-33H,3,13,16H2,1-2H3/t24-,25+,26-,27-,28+/m1/s1. The highest BCUT2D eigenvalue weighted by molar-refractivity contribution is 6.31. The van der Waals surface area contributed by atoms with Gasteiger partial charge in [0.2, 0.25) is 0 Å². The molecule has 1 aliphatic heterocycles. The van der Waals surface area contributed by atoms with Gasteiger partial charge in [-0.15, -0.1) is 0 Å². The predicted octanol–water partition coefficient (Wildman–Crippen LogP) is 3.72. The van der Waals surface area contributed by atoms with Crippen LogP contribution in [0.15, 0.2) is 66.7 Å². The zero-order chi connectivity index (χ0) is 27.2. The first kappa shape index (κ1) is 27.9. The van der Waals surface area contributed by atoms with Crippen LogP contribution in [-0.2, 0) is 15.9 Å². The molecule has 3 N–H and O–H groups in total. The van der Waals surface area contributed by atoms with Crippen molar-refractivity contribution in [2.45, 2.75) is 43.9 Å². The molecule has 1 saturated heterocycles. The van der Waals surface area contributed by atoms with Crippen LogP contribution in [0.5, 0.6) is 11.5 Å². The first-order valence-electron chi connectivity index (χ1n) is 12.3. The molecule has 0 saturated carbocycles. The quantitative estimate of drug-likeness (QED) is 0.351. The molecule has 0 spiro atoms. The zero-order valence-electron chi connectivity index (χ0n) is 21.1. The molecule has 1 fully saturated rings. The number of halogens is 1. The van der Waals surface area contributed by atoms with Crippen molar-refractivity contribution in [1.29, 1.82) is 0 Å². The molecule has 38 heavy (non-hydrogen) atoms. The van der Waals surface area contributed by atoms with E-state index in [1.165, 1.54) is 13.2 Å². The minimum Gasteiger partial charge on any atom is -0.494 e. The van der Waals surface area contributed by atoms with Gasteiger partial charge in [-0.05, 0) is 66.4 Å². The van der Waals surface area contributed by atoms with Gasteiger partial charge in [0.25, 0.3) is 0 Å². The highest BCUT2D eigenvalue weighted by Gasteiger charge is 2.44. The number of ether oxygens (including phenoxy) is 4. The molecule has 5 atom stereocenters. The number of aliphatic hydroxyl groups excluding tert-OH is 3. The minimum atomic E-state index is -1.46. The van der Waals surface area contributed by atoms with Gasteiger partial charge in [-0.1, -0.05) is 41.9 Å². The number of carbonyl (C=O) groups is 1. The van der Waals surface area contributed by atoms with E-state index in [9.17, 15) is 20.1 Å². The van der Waals surface area contributed by atoms with Crippen LogP contribution >= 0.6 is 11.6 Å². The fourth-order valence-corrected chi connectivity index (χ4v) is 4.55. The van der Waals surface area contributed by atoms with E-state index in [2.05, 4.69) is 0 Å². The third-order valence-corrected chi connectivity index (χ3v) is 6.78. The second kappa shape index (κ2) is 12.6. The van der Waals surface area contributed by atoms with Gasteiger partial charge in [0, 0.05) is 5.02 Å². The van der Waals surface area contributed by atoms with Crippen molar-refractivity contribution in [3.63, 3.8) is 0 Å². The van der Waals surface area contributed by atoms with Crippen LogP contribution in [0.3, 0.4) is 0 Å². The van der Waals surface area contributed by atoms with Crippen molar-refractivity contribution in [1.82, 2.24) is 0 Å². The molecule has 0 aromatic heterocycles. The largest absolute Gasteiger partial charge is 0.494 e. The van der Waals surface area contributed by atoms with Gasteiger partial charge in [0.1, 0.15) is 48.6 Å². The monoisotopic (exact) mass is 542 g/mol. The van der Waals surface area contributed by atoms with E-state index in [4.69, 9.17) is 30.5 Å². The molecule has 4 rings (SSSR count). The number of hydrogen-bond donors (Lipinski definition) is 3. The Bertz CT molecular complexity index is 1230. The fourth-order valence-electron chi connectivity index (χ4n) is 4.37. The third kappa shape index (κ3) is 6.46. The molecule has 0 amide bonds. The smallest absolute Gasteiger partial charge is 0.337 e. The van der Waals surface area contributed by atoms with E-state index in [1.54, 1.807) is 30.3 Å². The molecule has 9 heteroatoms. The molecule has 0 bridgehead atoms. The van der Waals surface area contributed by atoms with Crippen molar-refractivity contribution in [2.75, 3.05) is 20.3 Å². The summed E-state index contributed by atoms with van der Waals surface area (Å²) in [7, 11) is 1.29. The maximum Gasteiger partial charge on any atom is 0.337 e. The lowest BCUT2D eigenvalue weighted by Gasteiger charge is -2.40. The van der Waals surface area contributed by atoms with Crippen molar-refractivity contribution in [3.8, 4) is 11.5 Å².